The Morgan fingerprint density at radius 1 is 0.933 bits per heavy atom. The summed E-state index contributed by atoms with van der Waals surface area (Å²) in [5, 5.41) is 5.83. The van der Waals surface area contributed by atoms with Crippen molar-refractivity contribution < 1.29 is 13.2 Å². The van der Waals surface area contributed by atoms with Gasteiger partial charge in [0.15, 0.2) is 5.13 Å². The first-order valence-electron chi connectivity index (χ1n) is 9.03. The van der Waals surface area contributed by atoms with Crippen LogP contribution in [0.1, 0.15) is 5.56 Å². The van der Waals surface area contributed by atoms with Crippen LogP contribution in [-0.4, -0.2) is 19.4 Å². The number of nitrogens with one attached hydrogen (secondary N) is 3. The highest BCUT2D eigenvalue weighted by atomic mass is 32.2. The number of carbonyl (C=O) groups is 1. The molecule has 0 atom stereocenters. The maximum atomic E-state index is 12.5. The van der Waals surface area contributed by atoms with Gasteiger partial charge in [0.2, 0.25) is 0 Å². The third-order valence-electron chi connectivity index (χ3n) is 4.31. The molecule has 1 heterocycles. The van der Waals surface area contributed by atoms with Gasteiger partial charge in [0.25, 0.3) is 10.0 Å². The van der Waals surface area contributed by atoms with E-state index >= 15 is 0 Å². The number of sulfonamides is 1. The highest BCUT2D eigenvalue weighted by molar-refractivity contribution is 7.93. The lowest BCUT2D eigenvalue weighted by Crippen LogP contribution is -2.19. The van der Waals surface area contributed by atoms with Crippen LogP contribution < -0.4 is 15.4 Å². The zero-order valence-corrected chi connectivity index (χ0v) is 17.5. The maximum Gasteiger partial charge on any atom is 0.323 e. The Labute approximate surface area is 177 Å². The van der Waals surface area contributed by atoms with E-state index in [0.717, 1.165) is 16.0 Å². The van der Waals surface area contributed by atoms with Crippen LogP contribution in [-0.2, 0) is 10.0 Å². The Hall–Kier alpha value is -3.43. The van der Waals surface area contributed by atoms with Gasteiger partial charge in [-0.05, 0) is 48.9 Å². The number of amides is 2. The average Bonchev–Trinajstić information content (AvgIpc) is 3.11. The molecule has 0 aliphatic heterocycles. The van der Waals surface area contributed by atoms with Crippen LogP contribution in [0.25, 0.3) is 10.2 Å². The van der Waals surface area contributed by atoms with Crippen molar-refractivity contribution in [1.29, 1.82) is 0 Å². The zero-order chi connectivity index (χ0) is 21.1. The molecule has 3 N–H and O–H groups in total. The summed E-state index contributed by atoms with van der Waals surface area (Å²) >= 11 is 1.22. The lowest BCUT2D eigenvalue weighted by Gasteiger charge is -2.09. The molecule has 0 spiro atoms. The van der Waals surface area contributed by atoms with Crippen LogP contribution in [0.5, 0.6) is 0 Å². The summed E-state index contributed by atoms with van der Waals surface area (Å²) in [6.07, 6.45) is 0. The lowest BCUT2D eigenvalue weighted by molar-refractivity contribution is 0.262. The van der Waals surface area contributed by atoms with Gasteiger partial charge in [-0.1, -0.05) is 47.7 Å². The molecule has 4 aromatic rings. The van der Waals surface area contributed by atoms with Gasteiger partial charge in [-0.25, -0.2) is 18.2 Å². The normalized spacial score (nSPS) is 11.2. The van der Waals surface area contributed by atoms with E-state index in [4.69, 9.17) is 0 Å². The molecule has 0 bridgehead atoms. The number of hydrogen-bond donors (Lipinski definition) is 3. The van der Waals surface area contributed by atoms with Crippen molar-refractivity contribution in [2.75, 3.05) is 15.4 Å². The van der Waals surface area contributed by atoms with Gasteiger partial charge in [-0.15, -0.1) is 0 Å². The van der Waals surface area contributed by atoms with Gasteiger partial charge in [0.05, 0.1) is 15.1 Å². The molecule has 0 aliphatic rings. The first-order chi connectivity index (χ1) is 14.4. The van der Waals surface area contributed by atoms with Crippen molar-refractivity contribution in [2.24, 2.45) is 0 Å². The Bertz CT molecular complexity index is 1320. The van der Waals surface area contributed by atoms with Crippen molar-refractivity contribution in [2.45, 2.75) is 11.8 Å². The van der Waals surface area contributed by atoms with E-state index in [1.54, 1.807) is 36.4 Å². The minimum Gasteiger partial charge on any atom is -0.308 e. The van der Waals surface area contributed by atoms with Gasteiger partial charge in [-0.3, -0.25) is 4.72 Å². The predicted molar refractivity (Wildman–Crippen MR) is 121 cm³/mol. The smallest absolute Gasteiger partial charge is 0.308 e. The minimum absolute atomic E-state index is 0.166. The molecule has 1 aromatic heterocycles. The summed E-state index contributed by atoms with van der Waals surface area (Å²) in [5.41, 5.74) is 2.82. The van der Waals surface area contributed by atoms with E-state index < -0.39 is 10.0 Å². The second-order valence-corrected chi connectivity index (χ2v) is 9.23. The van der Waals surface area contributed by atoms with Crippen LogP contribution in [0.2, 0.25) is 0 Å². The van der Waals surface area contributed by atoms with Gasteiger partial charge in [0, 0.05) is 11.4 Å². The predicted octanol–water partition coefficient (Wildman–Crippen LogP) is 5.05. The minimum atomic E-state index is -3.71. The highest BCUT2D eigenvalue weighted by Crippen LogP contribution is 2.29. The number of para-hydroxylation sites is 1. The lowest BCUT2D eigenvalue weighted by atomic mass is 10.2. The SMILES string of the molecule is Cc1ccccc1NC(=O)Nc1ccc2sc(NS(=O)(=O)c3ccccc3)nc2c1. The molecule has 0 radical (unpaired) electrons. The fourth-order valence-corrected chi connectivity index (χ4v) is 4.92. The molecular formula is C21H18N4O3S2. The molecular weight excluding hydrogens is 420 g/mol. The molecule has 152 valence electrons. The van der Waals surface area contributed by atoms with Crippen LogP contribution in [0.3, 0.4) is 0 Å². The summed E-state index contributed by atoms with van der Waals surface area (Å²) in [4.78, 5) is 16.8. The number of fused-ring (bicyclic) bond motifs is 1. The summed E-state index contributed by atoms with van der Waals surface area (Å²) in [6.45, 7) is 1.91. The second kappa shape index (κ2) is 8.13. The number of hydrogen-bond acceptors (Lipinski definition) is 5. The monoisotopic (exact) mass is 438 g/mol. The molecule has 30 heavy (non-hydrogen) atoms. The first-order valence-corrected chi connectivity index (χ1v) is 11.3. The van der Waals surface area contributed by atoms with Crippen LogP contribution >= 0.6 is 11.3 Å². The molecule has 0 unspecified atom stereocenters. The third kappa shape index (κ3) is 4.42. The number of aromatic nitrogens is 1. The van der Waals surface area contributed by atoms with Gasteiger partial charge >= 0.3 is 6.03 Å². The van der Waals surface area contributed by atoms with E-state index in [-0.39, 0.29) is 16.1 Å². The number of anilines is 3. The first kappa shape index (κ1) is 19.9. The molecule has 0 aliphatic carbocycles. The average molecular weight is 439 g/mol. The second-order valence-electron chi connectivity index (χ2n) is 6.51. The summed E-state index contributed by atoms with van der Waals surface area (Å²) in [7, 11) is -3.71. The maximum absolute atomic E-state index is 12.5. The number of rotatable bonds is 5. The molecule has 4 rings (SSSR count). The molecule has 3 aromatic carbocycles. The van der Waals surface area contributed by atoms with E-state index in [0.29, 0.717) is 11.2 Å². The van der Waals surface area contributed by atoms with Crippen molar-refractivity contribution in [3.63, 3.8) is 0 Å². The summed E-state index contributed by atoms with van der Waals surface area (Å²) in [6, 6.07) is 20.5. The van der Waals surface area contributed by atoms with E-state index in [2.05, 4.69) is 20.3 Å². The Kier molecular flexibility index (Phi) is 5.39. The van der Waals surface area contributed by atoms with Gasteiger partial charge in [0.1, 0.15) is 0 Å². The molecule has 0 fully saturated rings. The molecule has 0 saturated carbocycles. The Balaban J connectivity index is 1.50. The Morgan fingerprint density at radius 2 is 1.67 bits per heavy atom. The largest absolute Gasteiger partial charge is 0.323 e. The van der Waals surface area contributed by atoms with Crippen molar-refractivity contribution in [3.05, 3.63) is 78.4 Å². The number of thiazole rings is 1. The van der Waals surface area contributed by atoms with E-state index in [1.807, 2.05) is 31.2 Å². The standard InChI is InChI=1S/C21H18N4O3S2/c1-14-7-5-6-10-17(14)23-20(26)22-15-11-12-19-18(13-15)24-21(29-19)25-30(27,28)16-8-3-2-4-9-16/h2-13H,1H3,(H,24,25)(H2,22,23,26). The number of carbonyl (C=O) groups excluding carboxylic acids is 1. The number of benzene rings is 3. The van der Waals surface area contributed by atoms with Crippen LogP contribution in [0, 0.1) is 6.92 Å². The van der Waals surface area contributed by atoms with Gasteiger partial charge < -0.3 is 10.6 Å². The highest BCUT2D eigenvalue weighted by Gasteiger charge is 2.16. The summed E-state index contributed by atoms with van der Waals surface area (Å²) in [5.74, 6) is 0. The van der Waals surface area contributed by atoms with Crippen molar-refractivity contribution in [3.8, 4) is 0 Å². The van der Waals surface area contributed by atoms with Crippen LogP contribution in [0.15, 0.2) is 77.7 Å². The fourth-order valence-electron chi connectivity index (χ4n) is 2.82. The number of aryl methyl sites for hydroxylation is 1. The third-order valence-corrected chi connectivity index (χ3v) is 6.75. The van der Waals surface area contributed by atoms with Gasteiger partial charge in [-0.2, -0.15) is 0 Å². The number of nitrogens with zero attached hydrogens (tertiary/aromatic N) is 1. The summed E-state index contributed by atoms with van der Waals surface area (Å²) < 4.78 is 28.3. The molecule has 0 saturated heterocycles. The zero-order valence-electron chi connectivity index (χ0n) is 15.9. The Morgan fingerprint density at radius 3 is 2.43 bits per heavy atom. The van der Waals surface area contributed by atoms with Crippen molar-refractivity contribution >= 4 is 54.1 Å². The van der Waals surface area contributed by atoms with Crippen LogP contribution in [0.4, 0.5) is 21.3 Å². The fraction of sp³-hybridized carbons (Fsp3) is 0.0476. The molecule has 9 heteroatoms. The molecule has 7 nitrogen and oxygen atoms in total. The quantitative estimate of drug-likeness (QED) is 0.406. The van der Waals surface area contributed by atoms with E-state index in [1.165, 1.54) is 23.5 Å². The topological polar surface area (TPSA) is 100 Å². The van der Waals surface area contributed by atoms with Crippen molar-refractivity contribution in [1.82, 2.24) is 4.98 Å². The van der Waals surface area contributed by atoms with E-state index in [9.17, 15) is 13.2 Å². The molecule has 2 amide bonds. The number of urea groups is 1.